The summed E-state index contributed by atoms with van der Waals surface area (Å²) in [6.07, 6.45) is 4.28. The van der Waals surface area contributed by atoms with Crippen LogP contribution in [0.15, 0.2) is 0 Å². The van der Waals surface area contributed by atoms with Crippen LogP contribution in [0.3, 0.4) is 0 Å². The monoisotopic (exact) mass is 171 g/mol. The van der Waals surface area contributed by atoms with E-state index in [1.807, 2.05) is 0 Å². The molecular formula is C10H21NO. The first kappa shape index (κ1) is 10.0. The second-order valence-corrected chi connectivity index (χ2v) is 4.51. The molecule has 1 aliphatic rings. The summed E-state index contributed by atoms with van der Waals surface area (Å²) >= 11 is 0. The van der Waals surface area contributed by atoms with E-state index in [4.69, 9.17) is 0 Å². The zero-order valence-electron chi connectivity index (χ0n) is 8.72. The van der Waals surface area contributed by atoms with Crippen molar-refractivity contribution in [3.63, 3.8) is 0 Å². The molecule has 0 unspecified atom stereocenters. The fraction of sp³-hybridized carbons (Fsp3) is 1.00. The Morgan fingerprint density at radius 2 is 1.42 bits per heavy atom. The minimum Gasteiger partial charge on any atom is -0.313 e. The summed E-state index contributed by atoms with van der Waals surface area (Å²) < 4.78 is 0. The molecule has 0 aliphatic carbocycles. The molecule has 1 saturated heterocycles. The van der Waals surface area contributed by atoms with Crippen LogP contribution < -0.4 is 0 Å². The van der Waals surface area contributed by atoms with Gasteiger partial charge in [-0.15, -0.1) is 0 Å². The number of hydroxylamine groups is 2. The van der Waals surface area contributed by atoms with E-state index >= 15 is 0 Å². The lowest BCUT2D eigenvalue weighted by atomic mass is 9.95. The van der Waals surface area contributed by atoms with Crippen LogP contribution in [0.25, 0.3) is 0 Å². The maximum Gasteiger partial charge on any atom is 0.0436 e. The Labute approximate surface area is 75.5 Å². The average molecular weight is 171 g/mol. The third-order valence-corrected chi connectivity index (χ3v) is 3.75. The van der Waals surface area contributed by atoms with Gasteiger partial charge < -0.3 is 5.21 Å². The van der Waals surface area contributed by atoms with Gasteiger partial charge in [0.05, 0.1) is 0 Å². The largest absolute Gasteiger partial charge is 0.313 e. The summed E-state index contributed by atoms with van der Waals surface area (Å²) in [5.74, 6) is 0. The van der Waals surface area contributed by atoms with Crippen LogP contribution >= 0.6 is 0 Å². The van der Waals surface area contributed by atoms with Gasteiger partial charge in [-0.25, -0.2) is 0 Å². The molecule has 0 aromatic rings. The molecule has 0 amide bonds. The second kappa shape index (κ2) is 3.00. The zero-order chi connectivity index (χ0) is 9.41. The lowest BCUT2D eigenvalue weighted by Gasteiger charge is -2.38. The van der Waals surface area contributed by atoms with Crippen LogP contribution in [0.1, 0.15) is 53.4 Å². The lowest BCUT2D eigenvalue weighted by molar-refractivity contribution is -0.203. The summed E-state index contributed by atoms with van der Waals surface area (Å²) in [5.41, 5.74) is 0.0372. The molecule has 1 aliphatic heterocycles. The Balaban J connectivity index is 2.79. The van der Waals surface area contributed by atoms with Crippen molar-refractivity contribution in [1.29, 1.82) is 0 Å². The molecule has 0 spiro atoms. The van der Waals surface area contributed by atoms with Crippen LogP contribution in [0.2, 0.25) is 0 Å². The number of hydrogen-bond acceptors (Lipinski definition) is 2. The first-order valence-corrected chi connectivity index (χ1v) is 4.98. The second-order valence-electron chi connectivity index (χ2n) is 4.51. The Kier molecular flexibility index (Phi) is 2.50. The van der Waals surface area contributed by atoms with E-state index in [0.29, 0.717) is 0 Å². The van der Waals surface area contributed by atoms with Crippen molar-refractivity contribution in [1.82, 2.24) is 5.06 Å². The molecule has 2 heteroatoms. The van der Waals surface area contributed by atoms with Crippen LogP contribution in [0.4, 0.5) is 0 Å². The van der Waals surface area contributed by atoms with Gasteiger partial charge in [0, 0.05) is 11.1 Å². The van der Waals surface area contributed by atoms with E-state index in [1.54, 1.807) is 5.06 Å². The lowest BCUT2D eigenvalue weighted by Crippen LogP contribution is -2.48. The van der Waals surface area contributed by atoms with Crippen LogP contribution in [0.5, 0.6) is 0 Å². The minimum atomic E-state index is 0.0186. The molecule has 0 bridgehead atoms. The highest BCUT2D eigenvalue weighted by molar-refractivity contribution is 4.99. The highest BCUT2D eigenvalue weighted by Crippen LogP contribution is 2.42. The average Bonchev–Trinajstić information content (AvgIpc) is 2.32. The molecule has 0 aromatic heterocycles. The van der Waals surface area contributed by atoms with Crippen molar-refractivity contribution in [2.75, 3.05) is 0 Å². The van der Waals surface area contributed by atoms with Crippen molar-refractivity contribution < 1.29 is 5.21 Å². The molecule has 0 saturated carbocycles. The van der Waals surface area contributed by atoms with Crippen molar-refractivity contribution in [3.05, 3.63) is 0 Å². The standard InChI is InChI=1S/C10H21NO/c1-5-9(3)7-8-10(4,6-2)11(9)12/h12H,5-8H2,1-4H3/t9-,10-/m1/s1. The topological polar surface area (TPSA) is 23.5 Å². The van der Waals surface area contributed by atoms with E-state index in [1.165, 1.54) is 0 Å². The van der Waals surface area contributed by atoms with Gasteiger partial charge in [0.1, 0.15) is 0 Å². The molecule has 2 nitrogen and oxygen atoms in total. The van der Waals surface area contributed by atoms with Gasteiger partial charge >= 0.3 is 0 Å². The highest BCUT2D eigenvalue weighted by atomic mass is 16.5. The van der Waals surface area contributed by atoms with Gasteiger partial charge in [0.15, 0.2) is 0 Å². The quantitative estimate of drug-likeness (QED) is 0.690. The summed E-state index contributed by atoms with van der Waals surface area (Å²) in [4.78, 5) is 0. The third-order valence-electron chi connectivity index (χ3n) is 3.75. The molecule has 2 atom stereocenters. The molecule has 0 aromatic carbocycles. The van der Waals surface area contributed by atoms with Crippen molar-refractivity contribution >= 4 is 0 Å². The molecule has 1 N–H and O–H groups in total. The maximum absolute atomic E-state index is 10.0. The predicted molar refractivity (Wildman–Crippen MR) is 50.3 cm³/mol. The third kappa shape index (κ3) is 1.27. The van der Waals surface area contributed by atoms with E-state index in [2.05, 4.69) is 27.7 Å². The van der Waals surface area contributed by atoms with Crippen LogP contribution in [-0.2, 0) is 0 Å². The molecule has 1 heterocycles. The first-order valence-electron chi connectivity index (χ1n) is 4.98. The normalized spacial score (nSPS) is 43.8. The van der Waals surface area contributed by atoms with E-state index in [-0.39, 0.29) is 11.1 Å². The predicted octanol–water partition coefficient (Wildman–Crippen LogP) is 2.81. The van der Waals surface area contributed by atoms with E-state index < -0.39 is 0 Å². The van der Waals surface area contributed by atoms with Gasteiger partial charge in [-0.05, 0) is 39.5 Å². The molecular weight excluding hydrogens is 150 g/mol. The number of rotatable bonds is 2. The summed E-state index contributed by atoms with van der Waals surface area (Å²) in [7, 11) is 0. The molecule has 0 radical (unpaired) electrons. The van der Waals surface area contributed by atoms with Crippen LogP contribution in [-0.4, -0.2) is 21.3 Å². The smallest absolute Gasteiger partial charge is 0.0436 e. The Bertz CT molecular complexity index is 153. The molecule has 72 valence electrons. The minimum absolute atomic E-state index is 0.0186. The Morgan fingerprint density at radius 3 is 1.58 bits per heavy atom. The number of nitrogens with zero attached hydrogens (tertiary/aromatic N) is 1. The van der Waals surface area contributed by atoms with Crippen LogP contribution in [0, 0.1) is 0 Å². The zero-order valence-corrected chi connectivity index (χ0v) is 8.72. The first-order chi connectivity index (χ1) is 5.48. The van der Waals surface area contributed by atoms with Gasteiger partial charge in [0.2, 0.25) is 0 Å². The Morgan fingerprint density at radius 1 is 1.08 bits per heavy atom. The highest BCUT2D eigenvalue weighted by Gasteiger charge is 2.47. The van der Waals surface area contributed by atoms with E-state index in [9.17, 15) is 5.21 Å². The van der Waals surface area contributed by atoms with E-state index in [0.717, 1.165) is 25.7 Å². The van der Waals surface area contributed by atoms with Gasteiger partial charge in [-0.3, -0.25) is 0 Å². The van der Waals surface area contributed by atoms with Crippen molar-refractivity contribution in [2.24, 2.45) is 0 Å². The molecule has 12 heavy (non-hydrogen) atoms. The molecule has 1 fully saturated rings. The maximum atomic E-state index is 10.0. The summed E-state index contributed by atoms with van der Waals surface area (Å²) in [6, 6.07) is 0. The van der Waals surface area contributed by atoms with Gasteiger partial charge in [0.25, 0.3) is 0 Å². The fourth-order valence-corrected chi connectivity index (χ4v) is 2.06. The fourth-order valence-electron chi connectivity index (χ4n) is 2.06. The van der Waals surface area contributed by atoms with Gasteiger partial charge in [-0.1, -0.05) is 13.8 Å². The molecule has 1 rings (SSSR count). The van der Waals surface area contributed by atoms with Gasteiger partial charge in [-0.2, -0.15) is 5.06 Å². The van der Waals surface area contributed by atoms with Crippen molar-refractivity contribution in [2.45, 2.75) is 64.5 Å². The number of hydrogen-bond donors (Lipinski definition) is 1. The summed E-state index contributed by atoms with van der Waals surface area (Å²) in [5, 5.41) is 11.6. The Hall–Kier alpha value is -0.0800. The summed E-state index contributed by atoms with van der Waals surface area (Å²) in [6.45, 7) is 8.58. The SMILES string of the molecule is CC[C@]1(C)CC[C@@](C)(CC)N1O. The van der Waals surface area contributed by atoms with Crippen molar-refractivity contribution in [3.8, 4) is 0 Å².